The first-order chi connectivity index (χ1) is 9.51. The minimum absolute atomic E-state index is 0.158. The van der Waals surface area contributed by atoms with Crippen LogP contribution in [-0.2, 0) is 14.8 Å². The number of furan rings is 1. The van der Waals surface area contributed by atoms with E-state index < -0.39 is 27.2 Å². The van der Waals surface area contributed by atoms with Gasteiger partial charge < -0.3 is 14.8 Å². The van der Waals surface area contributed by atoms with Crippen molar-refractivity contribution in [2.45, 2.75) is 18.7 Å². The highest BCUT2D eigenvalue weighted by molar-refractivity contribution is 9.10. The van der Waals surface area contributed by atoms with Crippen LogP contribution in [0, 0.1) is 5.41 Å². The molecule has 0 aliphatic carbocycles. The number of carboxylic acid groups (broad SMARTS) is 1. The number of carbonyl (C=O) groups excluding carboxylic acids is 1. The van der Waals surface area contributed by atoms with Gasteiger partial charge in [-0.05, 0) is 29.8 Å². The molecular weight excluding hydrogens is 368 g/mol. The van der Waals surface area contributed by atoms with Gasteiger partial charge in [0.15, 0.2) is 4.67 Å². The fraction of sp³-hybridized carbons (Fsp3) is 0.455. The second-order valence-corrected chi connectivity index (χ2v) is 7.30. The smallest absolute Gasteiger partial charge is 0.371 e. The normalized spacial score (nSPS) is 12.2. The van der Waals surface area contributed by atoms with Crippen molar-refractivity contribution in [2.75, 3.05) is 13.6 Å². The molecule has 0 fully saturated rings. The maximum Gasteiger partial charge on any atom is 0.371 e. The predicted octanol–water partition coefficient (Wildman–Crippen LogP) is 0.791. The Morgan fingerprint density at radius 1 is 1.43 bits per heavy atom. The Balaban J connectivity index is 2.98. The number of carboxylic acids is 1. The quantitative estimate of drug-likeness (QED) is 0.667. The second-order valence-electron chi connectivity index (χ2n) is 4.84. The number of aromatic carboxylic acids is 1. The highest BCUT2D eigenvalue weighted by atomic mass is 79.9. The van der Waals surface area contributed by atoms with E-state index in [2.05, 4.69) is 26.0 Å². The molecule has 1 rings (SSSR count). The van der Waals surface area contributed by atoms with Crippen LogP contribution in [0.25, 0.3) is 0 Å². The highest BCUT2D eigenvalue weighted by Gasteiger charge is 2.31. The molecular formula is C11H15BrN2O6S. The van der Waals surface area contributed by atoms with Crippen LogP contribution in [0.4, 0.5) is 0 Å². The fourth-order valence-corrected chi connectivity index (χ4v) is 3.56. The van der Waals surface area contributed by atoms with Gasteiger partial charge >= 0.3 is 5.97 Å². The molecule has 0 aliphatic heterocycles. The van der Waals surface area contributed by atoms with Crippen molar-refractivity contribution in [3.8, 4) is 0 Å². The molecule has 0 aromatic carbocycles. The van der Waals surface area contributed by atoms with Crippen molar-refractivity contribution in [1.29, 1.82) is 0 Å². The number of hydrogen-bond acceptors (Lipinski definition) is 5. The number of carbonyl (C=O) groups is 2. The first kappa shape index (κ1) is 17.7. The van der Waals surface area contributed by atoms with E-state index in [-0.39, 0.29) is 22.0 Å². The van der Waals surface area contributed by atoms with Crippen LogP contribution in [0.5, 0.6) is 0 Å². The van der Waals surface area contributed by atoms with Crippen LogP contribution in [0.3, 0.4) is 0 Å². The van der Waals surface area contributed by atoms with E-state index in [1.165, 1.54) is 7.05 Å². The van der Waals surface area contributed by atoms with E-state index in [1.54, 1.807) is 13.8 Å². The zero-order valence-corrected chi connectivity index (χ0v) is 14.0. The summed E-state index contributed by atoms with van der Waals surface area (Å²) in [5.74, 6) is -2.22. The molecule has 0 radical (unpaired) electrons. The van der Waals surface area contributed by atoms with Gasteiger partial charge in [0, 0.05) is 19.7 Å². The molecule has 8 nitrogen and oxygen atoms in total. The Labute approximate surface area is 130 Å². The van der Waals surface area contributed by atoms with Crippen molar-refractivity contribution in [1.82, 2.24) is 10.0 Å². The minimum Gasteiger partial charge on any atom is -0.475 e. The summed E-state index contributed by atoms with van der Waals surface area (Å²) in [6.45, 7) is 2.98. The van der Waals surface area contributed by atoms with Gasteiger partial charge in [0.1, 0.15) is 4.90 Å². The van der Waals surface area contributed by atoms with E-state index >= 15 is 0 Å². The summed E-state index contributed by atoms with van der Waals surface area (Å²) in [5, 5.41) is 11.2. The lowest BCUT2D eigenvalue weighted by Gasteiger charge is -2.22. The van der Waals surface area contributed by atoms with Gasteiger partial charge in [-0.2, -0.15) is 0 Å². The number of halogens is 1. The molecule has 10 heteroatoms. The molecule has 118 valence electrons. The standard InChI is InChI=1S/C11H15BrN2O6S/c1-11(2,10(17)13-3)5-14-21(18,19)7-4-6(9(15)16)20-8(7)12/h4,14H,5H2,1-3H3,(H,13,17)(H,15,16). The van der Waals surface area contributed by atoms with Gasteiger partial charge in [-0.25, -0.2) is 17.9 Å². The van der Waals surface area contributed by atoms with E-state index in [9.17, 15) is 18.0 Å². The lowest BCUT2D eigenvalue weighted by atomic mass is 9.93. The predicted molar refractivity (Wildman–Crippen MR) is 76.4 cm³/mol. The minimum atomic E-state index is -4.01. The maximum atomic E-state index is 12.1. The van der Waals surface area contributed by atoms with Gasteiger partial charge in [-0.1, -0.05) is 0 Å². The molecule has 0 bridgehead atoms. The molecule has 1 aromatic rings. The van der Waals surface area contributed by atoms with Gasteiger partial charge in [-0.3, -0.25) is 4.79 Å². The molecule has 3 N–H and O–H groups in total. The zero-order chi connectivity index (χ0) is 16.4. The molecule has 21 heavy (non-hydrogen) atoms. The Bertz CT molecular complexity index is 664. The maximum absolute atomic E-state index is 12.1. The molecule has 1 amide bonds. The van der Waals surface area contributed by atoms with Crippen molar-refractivity contribution in [3.05, 3.63) is 16.5 Å². The highest BCUT2D eigenvalue weighted by Crippen LogP contribution is 2.26. The molecule has 0 saturated carbocycles. The first-order valence-corrected chi connectivity index (χ1v) is 8.03. The zero-order valence-electron chi connectivity index (χ0n) is 11.6. The summed E-state index contributed by atoms with van der Waals surface area (Å²) < 4.78 is 31.1. The van der Waals surface area contributed by atoms with Gasteiger partial charge in [0.05, 0.1) is 5.41 Å². The number of hydrogen-bond donors (Lipinski definition) is 3. The number of amides is 1. The topological polar surface area (TPSA) is 126 Å². The first-order valence-electron chi connectivity index (χ1n) is 5.76. The molecule has 0 unspecified atom stereocenters. The third-order valence-corrected chi connectivity index (χ3v) is 4.96. The summed E-state index contributed by atoms with van der Waals surface area (Å²) in [6.07, 6.45) is 0. The van der Waals surface area contributed by atoms with Crippen molar-refractivity contribution in [2.24, 2.45) is 5.41 Å². The fourth-order valence-electron chi connectivity index (χ4n) is 1.41. The van der Waals surface area contributed by atoms with Gasteiger partial charge in [-0.15, -0.1) is 0 Å². The Hall–Kier alpha value is -1.39. The SMILES string of the molecule is CNC(=O)C(C)(C)CNS(=O)(=O)c1cc(C(=O)O)oc1Br. The van der Waals surface area contributed by atoms with E-state index in [0.717, 1.165) is 6.07 Å². The lowest BCUT2D eigenvalue weighted by molar-refractivity contribution is -0.128. The summed E-state index contributed by atoms with van der Waals surface area (Å²) in [7, 11) is -2.56. The van der Waals surface area contributed by atoms with Gasteiger partial charge in [0.25, 0.3) is 0 Å². The van der Waals surface area contributed by atoms with Crippen LogP contribution in [0.1, 0.15) is 24.4 Å². The van der Waals surface area contributed by atoms with E-state index in [4.69, 9.17) is 9.52 Å². The van der Waals surface area contributed by atoms with Crippen LogP contribution in [0.15, 0.2) is 20.0 Å². The average Bonchev–Trinajstić information content (AvgIpc) is 2.79. The molecule has 0 aliphatic rings. The van der Waals surface area contributed by atoms with Crippen molar-refractivity contribution in [3.63, 3.8) is 0 Å². The van der Waals surface area contributed by atoms with Gasteiger partial charge in [0.2, 0.25) is 21.7 Å². The molecule has 0 saturated heterocycles. The molecule has 1 aromatic heterocycles. The molecule has 0 spiro atoms. The van der Waals surface area contributed by atoms with Crippen molar-refractivity contribution < 1.29 is 27.5 Å². The van der Waals surface area contributed by atoms with E-state index in [1.807, 2.05) is 0 Å². The third kappa shape index (κ3) is 4.05. The van der Waals surface area contributed by atoms with Crippen LogP contribution in [-0.4, -0.2) is 39.0 Å². The number of sulfonamides is 1. The third-order valence-electron chi connectivity index (χ3n) is 2.70. The Morgan fingerprint density at radius 2 is 2.00 bits per heavy atom. The second kappa shape index (κ2) is 6.16. The Morgan fingerprint density at radius 3 is 2.43 bits per heavy atom. The Kier molecular flexibility index (Phi) is 5.18. The summed E-state index contributed by atoms with van der Waals surface area (Å²) >= 11 is 2.86. The van der Waals surface area contributed by atoms with Crippen molar-refractivity contribution >= 4 is 37.8 Å². The summed E-state index contributed by atoms with van der Waals surface area (Å²) in [4.78, 5) is 22.0. The van der Waals surface area contributed by atoms with Crippen LogP contribution in [0.2, 0.25) is 0 Å². The summed E-state index contributed by atoms with van der Waals surface area (Å²) in [5.41, 5.74) is -0.965. The van der Waals surface area contributed by atoms with Crippen LogP contribution < -0.4 is 10.0 Å². The van der Waals surface area contributed by atoms with Crippen LogP contribution >= 0.6 is 15.9 Å². The lowest BCUT2D eigenvalue weighted by Crippen LogP contribution is -2.43. The average molecular weight is 383 g/mol. The molecule has 0 atom stereocenters. The monoisotopic (exact) mass is 382 g/mol. The summed E-state index contributed by atoms with van der Waals surface area (Å²) in [6, 6.07) is 0.891. The largest absolute Gasteiger partial charge is 0.475 e. The molecule has 1 heterocycles. The number of rotatable bonds is 6. The number of nitrogens with one attached hydrogen (secondary N) is 2. The van der Waals surface area contributed by atoms with E-state index in [0.29, 0.717) is 0 Å².